The number of phenolic OH excluding ortho intramolecular Hbond substituents is 2. The molecule has 0 radical (unpaired) electrons. The molecule has 0 aliphatic heterocycles. The predicted octanol–water partition coefficient (Wildman–Crippen LogP) is 3.27. The Balaban J connectivity index is 1.69. The summed E-state index contributed by atoms with van der Waals surface area (Å²) in [5, 5.41) is 22.8. The Kier molecular flexibility index (Phi) is 4.75. The number of nitrogens with zero attached hydrogens (tertiary/aromatic N) is 2. The topological polar surface area (TPSA) is 86.9 Å². The summed E-state index contributed by atoms with van der Waals surface area (Å²) in [6, 6.07) is 15.4. The molecule has 0 bridgehead atoms. The molecule has 0 atom stereocenters. The number of phenols is 2. The number of aryl methyl sites for hydroxylation is 2. The number of aromatic nitrogens is 1. The SMILES string of the molecule is Cc1ccc(C)n1-c1ccc(C(=O)N/N=C\c2ccc(O)cc2O)cc1. The van der Waals surface area contributed by atoms with E-state index >= 15 is 0 Å². The Hall–Kier alpha value is -3.54. The molecule has 0 aliphatic carbocycles. The van der Waals surface area contributed by atoms with Crippen molar-refractivity contribution in [2.45, 2.75) is 13.8 Å². The normalized spacial score (nSPS) is 11.0. The van der Waals surface area contributed by atoms with Crippen molar-refractivity contribution in [3.8, 4) is 17.2 Å². The van der Waals surface area contributed by atoms with Gasteiger partial charge in [-0.1, -0.05) is 0 Å². The molecule has 3 N–H and O–H groups in total. The first kappa shape index (κ1) is 17.3. The quantitative estimate of drug-likeness (QED) is 0.499. The Labute approximate surface area is 151 Å². The largest absolute Gasteiger partial charge is 0.508 e. The van der Waals surface area contributed by atoms with E-state index in [0.29, 0.717) is 11.1 Å². The lowest BCUT2D eigenvalue weighted by Gasteiger charge is -2.10. The summed E-state index contributed by atoms with van der Waals surface area (Å²) < 4.78 is 2.10. The Morgan fingerprint density at radius 2 is 1.65 bits per heavy atom. The average molecular weight is 349 g/mol. The molecule has 1 aromatic heterocycles. The van der Waals surface area contributed by atoms with E-state index in [4.69, 9.17) is 0 Å². The first-order valence-electron chi connectivity index (χ1n) is 8.06. The van der Waals surface area contributed by atoms with Crippen molar-refractivity contribution >= 4 is 12.1 Å². The third-order valence-electron chi connectivity index (χ3n) is 4.04. The molecule has 3 aromatic rings. The third kappa shape index (κ3) is 3.59. The van der Waals surface area contributed by atoms with Crippen LogP contribution in [0.1, 0.15) is 27.3 Å². The van der Waals surface area contributed by atoms with Crippen LogP contribution in [0.4, 0.5) is 0 Å². The van der Waals surface area contributed by atoms with Gasteiger partial charge in [-0.05, 0) is 62.4 Å². The molecule has 1 heterocycles. The lowest BCUT2D eigenvalue weighted by atomic mass is 10.2. The molecule has 2 aromatic carbocycles. The maximum Gasteiger partial charge on any atom is 0.271 e. The highest BCUT2D eigenvalue weighted by molar-refractivity contribution is 5.95. The first-order valence-corrected chi connectivity index (χ1v) is 8.06. The maximum absolute atomic E-state index is 12.2. The molecule has 26 heavy (non-hydrogen) atoms. The van der Waals surface area contributed by atoms with Crippen molar-refractivity contribution in [1.82, 2.24) is 9.99 Å². The molecule has 6 heteroatoms. The Morgan fingerprint density at radius 3 is 2.27 bits per heavy atom. The molecule has 1 amide bonds. The molecule has 0 saturated heterocycles. The maximum atomic E-state index is 12.2. The minimum Gasteiger partial charge on any atom is -0.508 e. The number of benzene rings is 2. The summed E-state index contributed by atoms with van der Waals surface area (Å²) >= 11 is 0. The van der Waals surface area contributed by atoms with Crippen LogP contribution in [0.15, 0.2) is 59.7 Å². The highest BCUT2D eigenvalue weighted by Crippen LogP contribution is 2.21. The fourth-order valence-electron chi connectivity index (χ4n) is 2.70. The molecular weight excluding hydrogens is 330 g/mol. The van der Waals surface area contributed by atoms with Crippen LogP contribution in [0.3, 0.4) is 0 Å². The second-order valence-electron chi connectivity index (χ2n) is 5.94. The van der Waals surface area contributed by atoms with Crippen LogP contribution in [-0.4, -0.2) is 26.9 Å². The van der Waals surface area contributed by atoms with Gasteiger partial charge in [-0.15, -0.1) is 0 Å². The number of hydrogen-bond donors (Lipinski definition) is 3. The van der Waals surface area contributed by atoms with Gasteiger partial charge in [0, 0.05) is 34.3 Å². The van der Waals surface area contributed by atoms with E-state index in [2.05, 4.69) is 15.1 Å². The number of nitrogens with one attached hydrogen (secondary N) is 1. The van der Waals surface area contributed by atoms with Gasteiger partial charge in [0.05, 0.1) is 6.21 Å². The lowest BCUT2D eigenvalue weighted by molar-refractivity contribution is 0.0955. The fraction of sp³-hybridized carbons (Fsp3) is 0.100. The molecule has 3 rings (SSSR count). The van der Waals surface area contributed by atoms with Gasteiger partial charge >= 0.3 is 0 Å². The van der Waals surface area contributed by atoms with Crippen molar-refractivity contribution < 1.29 is 15.0 Å². The summed E-state index contributed by atoms with van der Waals surface area (Å²) in [4.78, 5) is 12.2. The van der Waals surface area contributed by atoms with Crippen LogP contribution < -0.4 is 5.43 Å². The van der Waals surface area contributed by atoms with Crippen LogP contribution in [0, 0.1) is 13.8 Å². The minimum absolute atomic E-state index is 0.0445. The number of carbonyl (C=O) groups excluding carboxylic acids is 1. The van der Waals surface area contributed by atoms with Crippen molar-refractivity contribution in [1.29, 1.82) is 0 Å². The van der Waals surface area contributed by atoms with E-state index in [-0.39, 0.29) is 17.4 Å². The Bertz CT molecular complexity index is 953. The summed E-state index contributed by atoms with van der Waals surface area (Å²) in [6.45, 7) is 4.06. The van der Waals surface area contributed by atoms with Gasteiger partial charge in [-0.25, -0.2) is 5.43 Å². The van der Waals surface area contributed by atoms with E-state index in [9.17, 15) is 15.0 Å². The fourth-order valence-corrected chi connectivity index (χ4v) is 2.70. The van der Waals surface area contributed by atoms with E-state index in [1.54, 1.807) is 12.1 Å². The molecule has 0 unspecified atom stereocenters. The molecule has 0 fully saturated rings. The third-order valence-corrected chi connectivity index (χ3v) is 4.04. The molecule has 6 nitrogen and oxygen atoms in total. The molecule has 0 aliphatic rings. The van der Waals surface area contributed by atoms with Crippen molar-refractivity contribution in [3.63, 3.8) is 0 Å². The van der Waals surface area contributed by atoms with Gasteiger partial charge in [-0.2, -0.15) is 5.10 Å². The Morgan fingerprint density at radius 1 is 1.00 bits per heavy atom. The summed E-state index contributed by atoms with van der Waals surface area (Å²) in [5.74, 6) is -0.520. The number of amides is 1. The smallest absolute Gasteiger partial charge is 0.271 e. The van der Waals surface area contributed by atoms with Gasteiger partial charge < -0.3 is 14.8 Å². The predicted molar refractivity (Wildman–Crippen MR) is 100 cm³/mol. The lowest BCUT2D eigenvalue weighted by Crippen LogP contribution is -2.17. The van der Waals surface area contributed by atoms with Crippen molar-refractivity contribution in [2.24, 2.45) is 5.10 Å². The van der Waals surface area contributed by atoms with Gasteiger partial charge in [-0.3, -0.25) is 4.79 Å². The summed E-state index contributed by atoms with van der Waals surface area (Å²) in [7, 11) is 0. The van der Waals surface area contributed by atoms with Crippen LogP contribution in [0.2, 0.25) is 0 Å². The van der Waals surface area contributed by atoms with Gasteiger partial charge in [0.15, 0.2) is 0 Å². The van der Waals surface area contributed by atoms with Gasteiger partial charge in [0.1, 0.15) is 11.5 Å². The second kappa shape index (κ2) is 7.14. The zero-order chi connectivity index (χ0) is 18.7. The molecular formula is C20H19N3O3. The molecule has 0 saturated carbocycles. The zero-order valence-electron chi connectivity index (χ0n) is 14.5. The standard InChI is InChI=1S/C20H19N3O3/c1-13-3-4-14(2)23(13)17-8-5-15(6-9-17)20(26)22-21-12-16-7-10-18(24)11-19(16)25/h3-12,24-25H,1-2H3,(H,22,26)/b21-12-. The van der Waals surface area contributed by atoms with Crippen LogP contribution >= 0.6 is 0 Å². The monoisotopic (exact) mass is 349 g/mol. The van der Waals surface area contributed by atoms with E-state index in [0.717, 1.165) is 17.1 Å². The van der Waals surface area contributed by atoms with Crippen molar-refractivity contribution in [2.75, 3.05) is 0 Å². The van der Waals surface area contributed by atoms with E-state index in [1.165, 1.54) is 24.4 Å². The highest BCUT2D eigenvalue weighted by Gasteiger charge is 2.07. The number of carbonyl (C=O) groups is 1. The summed E-state index contributed by atoms with van der Waals surface area (Å²) in [6.07, 6.45) is 1.31. The molecule has 0 spiro atoms. The zero-order valence-corrected chi connectivity index (χ0v) is 14.5. The minimum atomic E-state index is -0.355. The van der Waals surface area contributed by atoms with Crippen LogP contribution in [0.25, 0.3) is 5.69 Å². The molecule has 132 valence electrons. The first-order chi connectivity index (χ1) is 12.5. The number of aromatic hydroxyl groups is 2. The van der Waals surface area contributed by atoms with Crippen LogP contribution in [0.5, 0.6) is 11.5 Å². The van der Waals surface area contributed by atoms with E-state index in [1.807, 2.05) is 38.1 Å². The van der Waals surface area contributed by atoms with Gasteiger partial charge in [0.25, 0.3) is 5.91 Å². The number of hydrogen-bond acceptors (Lipinski definition) is 4. The number of hydrazone groups is 1. The second-order valence-corrected chi connectivity index (χ2v) is 5.94. The van der Waals surface area contributed by atoms with Gasteiger partial charge in [0.2, 0.25) is 0 Å². The average Bonchev–Trinajstić information content (AvgIpc) is 2.95. The van der Waals surface area contributed by atoms with Crippen LogP contribution in [-0.2, 0) is 0 Å². The van der Waals surface area contributed by atoms with Crippen molar-refractivity contribution in [3.05, 3.63) is 77.1 Å². The number of rotatable bonds is 4. The summed E-state index contributed by atoms with van der Waals surface area (Å²) in [5.41, 5.74) is 6.51. The highest BCUT2D eigenvalue weighted by atomic mass is 16.3. The van der Waals surface area contributed by atoms with E-state index < -0.39 is 0 Å².